The van der Waals surface area contributed by atoms with Crippen molar-refractivity contribution in [3.8, 4) is 0 Å². The minimum atomic E-state index is 0. The molecule has 164 valence electrons. The molecular formula is C22H38IN5O. The molecule has 0 unspecified atom stereocenters. The van der Waals surface area contributed by atoms with E-state index < -0.39 is 0 Å². The van der Waals surface area contributed by atoms with Crippen LogP contribution in [0, 0.1) is 11.8 Å². The fourth-order valence-electron chi connectivity index (χ4n) is 3.67. The van der Waals surface area contributed by atoms with E-state index in [0.29, 0.717) is 6.54 Å². The highest BCUT2D eigenvalue weighted by Gasteiger charge is 2.20. The van der Waals surface area contributed by atoms with Gasteiger partial charge in [-0.05, 0) is 43.7 Å². The van der Waals surface area contributed by atoms with Crippen molar-refractivity contribution >= 4 is 35.8 Å². The van der Waals surface area contributed by atoms with Gasteiger partial charge in [-0.2, -0.15) is 0 Å². The Morgan fingerprint density at radius 1 is 1.21 bits per heavy atom. The SMILES string of the molecule is CCNC(=NCC(=O)N(C)CCc1ccccn1)N(C)CC1CCC(C)CC1.I. The van der Waals surface area contributed by atoms with Crippen molar-refractivity contribution in [3.05, 3.63) is 30.1 Å². The largest absolute Gasteiger partial charge is 0.357 e. The summed E-state index contributed by atoms with van der Waals surface area (Å²) in [4.78, 5) is 25.3. The Bertz CT molecular complexity index is 617. The van der Waals surface area contributed by atoms with Crippen LogP contribution in [-0.4, -0.2) is 66.9 Å². The van der Waals surface area contributed by atoms with Crippen molar-refractivity contribution in [1.82, 2.24) is 20.1 Å². The number of nitrogens with one attached hydrogen (secondary N) is 1. The van der Waals surface area contributed by atoms with Crippen LogP contribution in [0.3, 0.4) is 0 Å². The Balaban J connectivity index is 0.00000420. The summed E-state index contributed by atoms with van der Waals surface area (Å²) in [6, 6.07) is 5.86. The molecule has 1 aliphatic rings. The molecule has 0 aromatic carbocycles. The van der Waals surface area contributed by atoms with Crippen LogP contribution in [0.2, 0.25) is 0 Å². The normalized spacial score (nSPS) is 19.2. The summed E-state index contributed by atoms with van der Waals surface area (Å²) >= 11 is 0. The topological polar surface area (TPSA) is 60.8 Å². The molecule has 1 heterocycles. The molecule has 0 bridgehead atoms. The maximum atomic E-state index is 12.5. The lowest BCUT2D eigenvalue weighted by atomic mass is 9.83. The van der Waals surface area contributed by atoms with E-state index in [9.17, 15) is 4.79 Å². The number of carbonyl (C=O) groups excluding carboxylic acids is 1. The van der Waals surface area contributed by atoms with Crippen molar-refractivity contribution < 1.29 is 4.79 Å². The van der Waals surface area contributed by atoms with E-state index in [1.807, 2.05) is 25.2 Å². The minimum Gasteiger partial charge on any atom is -0.357 e. The molecule has 1 aromatic rings. The van der Waals surface area contributed by atoms with Crippen LogP contribution >= 0.6 is 24.0 Å². The van der Waals surface area contributed by atoms with E-state index in [2.05, 4.69) is 41.1 Å². The Kier molecular flexibility index (Phi) is 12.2. The molecule has 0 saturated heterocycles. The number of hydrogen-bond donors (Lipinski definition) is 1. The molecule has 7 heteroatoms. The summed E-state index contributed by atoms with van der Waals surface area (Å²) in [5.74, 6) is 2.45. The van der Waals surface area contributed by atoms with Crippen LogP contribution in [0.25, 0.3) is 0 Å². The second-order valence-corrected chi connectivity index (χ2v) is 8.06. The molecule has 6 nitrogen and oxygen atoms in total. The number of likely N-dealkylation sites (N-methyl/N-ethyl adjacent to an activating group) is 1. The fourth-order valence-corrected chi connectivity index (χ4v) is 3.67. The summed E-state index contributed by atoms with van der Waals surface area (Å²) in [6.07, 6.45) is 7.78. The molecule has 2 rings (SSSR count). The van der Waals surface area contributed by atoms with E-state index in [4.69, 9.17) is 0 Å². The van der Waals surface area contributed by atoms with Gasteiger partial charge in [-0.1, -0.05) is 25.8 Å². The van der Waals surface area contributed by atoms with Gasteiger partial charge in [-0.3, -0.25) is 9.78 Å². The number of rotatable bonds is 8. The van der Waals surface area contributed by atoms with Gasteiger partial charge < -0.3 is 15.1 Å². The van der Waals surface area contributed by atoms with E-state index in [1.54, 1.807) is 11.1 Å². The maximum absolute atomic E-state index is 12.5. The number of carbonyl (C=O) groups is 1. The first-order valence-electron chi connectivity index (χ1n) is 10.6. The van der Waals surface area contributed by atoms with E-state index >= 15 is 0 Å². The van der Waals surface area contributed by atoms with Gasteiger partial charge in [0.2, 0.25) is 5.91 Å². The summed E-state index contributed by atoms with van der Waals surface area (Å²) in [6.45, 7) is 7.04. The van der Waals surface area contributed by atoms with Gasteiger partial charge >= 0.3 is 0 Å². The zero-order valence-corrected chi connectivity index (χ0v) is 20.8. The van der Waals surface area contributed by atoms with Gasteiger partial charge in [-0.25, -0.2) is 4.99 Å². The Hall–Kier alpha value is -1.38. The summed E-state index contributed by atoms with van der Waals surface area (Å²) < 4.78 is 0. The van der Waals surface area contributed by atoms with Crippen molar-refractivity contribution in [1.29, 1.82) is 0 Å². The van der Waals surface area contributed by atoms with Crippen LogP contribution in [0.5, 0.6) is 0 Å². The third kappa shape index (κ3) is 9.31. The van der Waals surface area contributed by atoms with Crippen LogP contribution in [0.4, 0.5) is 0 Å². The van der Waals surface area contributed by atoms with Crippen LogP contribution < -0.4 is 5.32 Å². The van der Waals surface area contributed by atoms with Gasteiger partial charge in [0.25, 0.3) is 0 Å². The molecule has 0 aliphatic heterocycles. The van der Waals surface area contributed by atoms with E-state index in [-0.39, 0.29) is 36.4 Å². The smallest absolute Gasteiger partial charge is 0.244 e. The fraction of sp³-hybridized carbons (Fsp3) is 0.682. The predicted molar refractivity (Wildman–Crippen MR) is 131 cm³/mol. The van der Waals surface area contributed by atoms with Gasteiger partial charge in [0.15, 0.2) is 5.96 Å². The van der Waals surface area contributed by atoms with Gasteiger partial charge in [-0.15, -0.1) is 24.0 Å². The molecule has 29 heavy (non-hydrogen) atoms. The van der Waals surface area contributed by atoms with E-state index in [1.165, 1.54) is 25.7 Å². The number of nitrogens with zero attached hydrogens (tertiary/aromatic N) is 4. The van der Waals surface area contributed by atoms with Crippen molar-refractivity contribution in [2.24, 2.45) is 16.8 Å². The molecular weight excluding hydrogens is 477 g/mol. The molecule has 1 aliphatic carbocycles. The summed E-state index contributed by atoms with van der Waals surface area (Å²) in [5.41, 5.74) is 1.00. The zero-order chi connectivity index (χ0) is 20.4. The molecule has 1 N–H and O–H groups in total. The number of aromatic nitrogens is 1. The number of hydrogen-bond acceptors (Lipinski definition) is 3. The first kappa shape index (κ1) is 25.7. The Morgan fingerprint density at radius 2 is 1.93 bits per heavy atom. The lowest BCUT2D eigenvalue weighted by Crippen LogP contribution is -2.42. The lowest BCUT2D eigenvalue weighted by Gasteiger charge is -2.31. The Morgan fingerprint density at radius 3 is 2.55 bits per heavy atom. The third-order valence-electron chi connectivity index (χ3n) is 5.58. The number of halogens is 1. The Labute approximate surface area is 193 Å². The minimum absolute atomic E-state index is 0. The van der Waals surface area contributed by atoms with Gasteiger partial charge in [0.1, 0.15) is 6.54 Å². The summed E-state index contributed by atoms with van der Waals surface area (Å²) in [7, 11) is 3.91. The number of guanidine groups is 1. The number of pyridine rings is 1. The maximum Gasteiger partial charge on any atom is 0.244 e. The second kappa shape index (κ2) is 13.8. The third-order valence-corrected chi connectivity index (χ3v) is 5.58. The molecule has 1 aromatic heterocycles. The molecule has 1 saturated carbocycles. The van der Waals surface area contributed by atoms with Crippen LogP contribution in [0.15, 0.2) is 29.4 Å². The summed E-state index contributed by atoms with van der Waals surface area (Å²) in [5, 5.41) is 3.33. The van der Waals surface area contributed by atoms with E-state index in [0.717, 1.165) is 43.0 Å². The lowest BCUT2D eigenvalue weighted by molar-refractivity contribution is -0.128. The van der Waals surface area contributed by atoms with Crippen molar-refractivity contribution in [2.45, 2.75) is 46.0 Å². The first-order valence-corrected chi connectivity index (χ1v) is 10.6. The molecule has 0 spiro atoms. The number of amides is 1. The highest BCUT2D eigenvalue weighted by Crippen LogP contribution is 2.28. The molecule has 0 atom stereocenters. The van der Waals surface area contributed by atoms with Crippen LogP contribution in [0.1, 0.15) is 45.2 Å². The number of aliphatic imine (C=N–C) groups is 1. The average Bonchev–Trinajstić information content (AvgIpc) is 2.71. The predicted octanol–water partition coefficient (Wildman–Crippen LogP) is 3.42. The zero-order valence-electron chi connectivity index (χ0n) is 18.4. The second-order valence-electron chi connectivity index (χ2n) is 8.06. The molecule has 0 radical (unpaired) electrons. The van der Waals surface area contributed by atoms with Crippen LogP contribution in [-0.2, 0) is 11.2 Å². The highest BCUT2D eigenvalue weighted by molar-refractivity contribution is 14.0. The van der Waals surface area contributed by atoms with Gasteiger partial charge in [0, 0.05) is 52.0 Å². The molecule has 1 fully saturated rings. The standard InChI is InChI=1S/C22H37N5O.HI/c1-5-23-22(27(4)17-19-11-9-18(2)10-12-19)25-16-21(28)26(3)15-13-20-8-6-7-14-24-20;/h6-8,14,18-19H,5,9-13,15-17H2,1-4H3,(H,23,25);1H. The quantitative estimate of drug-likeness (QED) is 0.328. The van der Waals surface area contributed by atoms with Gasteiger partial charge in [0.05, 0.1) is 0 Å². The highest BCUT2D eigenvalue weighted by atomic mass is 127. The monoisotopic (exact) mass is 515 g/mol. The molecule has 1 amide bonds. The van der Waals surface area contributed by atoms with Crippen molar-refractivity contribution in [2.75, 3.05) is 40.3 Å². The first-order chi connectivity index (χ1) is 13.5. The average molecular weight is 515 g/mol. The van der Waals surface area contributed by atoms with Crippen molar-refractivity contribution in [3.63, 3.8) is 0 Å².